The number of H-pyrrole nitrogens is 1. The summed E-state index contributed by atoms with van der Waals surface area (Å²) in [5.41, 5.74) is 10.6. The molecule has 0 radical (unpaired) electrons. The molecule has 20 heavy (non-hydrogen) atoms. The van der Waals surface area contributed by atoms with Crippen LogP contribution in [-0.4, -0.2) is 19.7 Å². The number of nitrogens with two attached hydrogens (primary N) is 1. The van der Waals surface area contributed by atoms with Gasteiger partial charge in [0.2, 0.25) is 0 Å². The number of benzene rings is 1. The molecule has 7 heteroatoms. The van der Waals surface area contributed by atoms with Gasteiger partial charge in [-0.1, -0.05) is 11.8 Å². The quantitative estimate of drug-likeness (QED) is 0.561. The largest absolute Gasteiger partial charge is 0.399 e. The molecule has 3 rings (SSSR count). The first-order valence-electron chi connectivity index (χ1n) is 6.10. The van der Waals surface area contributed by atoms with Crippen LogP contribution in [0.3, 0.4) is 0 Å². The van der Waals surface area contributed by atoms with Crippen molar-refractivity contribution in [1.29, 1.82) is 0 Å². The SMILES string of the molecule is Cc1nn(C)c(CSc2nc3ccc(N)cc3[nH]2)c1Br. The van der Waals surface area contributed by atoms with Gasteiger partial charge >= 0.3 is 0 Å². The van der Waals surface area contributed by atoms with Gasteiger partial charge < -0.3 is 10.7 Å². The number of fused-ring (bicyclic) bond motifs is 1. The number of aryl methyl sites for hydroxylation is 2. The van der Waals surface area contributed by atoms with Gasteiger partial charge in [-0.15, -0.1) is 0 Å². The van der Waals surface area contributed by atoms with E-state index in [1.807, 2.05) is 36.9 Å². The second kappa shape index (κ2) is 5.14. The lowest BCUT2D eigenvalue weighted by molar-refractivity contribution is 0.727. The second-order valence-corrected chi connectivity index (χ2v) is 6.33. The molecule has 3 aromatic rings. The molecule has 0 saturated carbocycles. The molecule has 0 unspecified atom stereocenters. The van der Waals surface area contributed by atoms with Gasteiger partial charge in [0.05, 0.1) is 26.9 Å². The number of nitrogens with zero attached hydrogens (tertiary/aromatic N) is 3. The Morgan fingerprint density at radius 2 is 2.25 bits per heavy atom. The lowest BCUT2D eigenvalue weighted by Gasteiger charge is -2.00. The maximum atomic E-state index is 5.77. The van der Waals surface area contributed by atoms with Crippen molar-refractivity contribution in [2.75, 3.05) is 5.73 Å². The highest BCUT2D eigenvalue weighted by Crippen LogP contribution is 2.28. The van der Waals surface area contributed by atoms with E-state index in [1.165, 1.54) is 0 Å². The minimum Gasteiger partial charge on any atom is -0.399 e. The van der Waals surface area contributed by atoms with Crippen LogP contribution in [0.4, 0.5) is 5.69 Å². The van der Waals surface area contributed by atoms with Crippen molar-refractivity contribution in [1.82, 2.24) is 19.7 Å². The third-order valence-corrected chi connectivity index (χ3v) is 5.01. The number of nitrogen functional groups attached to an aromatic ring is 1. The maximum Gasteiger partial charge on any atom is 0.166 e. The van der Waals surface area contributed by atoms with Gasteiger partial charge in [-0.3, -0.25) is 4.68 Å². The van der Waals surface area contributed by atoms with E-state index in [9.17, 15) is 0 Å². The Kier molecular flexibility index (Phi) is 3.47. The van der Waals surface area contributed by atoms with Crippen LogP contribution >= 0.6 is 27.7 Å². The van der Waals surface area contributed by atoms with Gasteiger partial charge in [-0.25, -0.2) is 4.98 Å². The summed E-state index contributed by atoms with van der Waals surface area (Å²) in [6, 6.07) is 5.69. The molecule has 104 valence electrons. The molecule has 0 aliphatic heterocycles. The maximum absolute atomic E-state index is 5.77. The van der Waals surface area contributed by atoms with Crippen molar-refractivity contribution < 1.29 is 0 Å². The number of imidazole rings is 1. The van der Waals surface area contributed by atoms with Crippen LogP contribution in [-0.2, 0) is 12.8 Å². The number of aromatic amines is 1. The molecule has 0 aliphatic rings. The predicted octanol–water partition coefficient (Wildman–Crippen LogP) is 3.24. The van der Waals surface area contributed by atoms with Gasteiger partial charge in [-0.2, -0.15) is 5.10 Å². The van der Waals surface area contributed by atoms with Crippen LogP contribution in [0.2, 0.25) is 0 Å². The highest BCUT2D eigenvalue weighted by molar-refractivity contribution is 9.10. The summed E-state index contributed by atoms with van der Waals surface area (Å²) in [7, 11) is 1.95. The average Bonchev–Trinajstić information content (AvgIpc) is 2.89. The molecule has 0 aliphatic carbocycles. The first-order chi connectivity index (χ1) is 9.54. The molecule has 0 bridgehead atoms. The zero-order valence-electron chi connectivity index (χ0n) is 11.1. The van der Waals surface area contributed by atoms with Crippen LogP contribution in [0.5, 0.6) is 0 Å². The van der Waals surface area contributed by atoms with Crippen LogP contribution < -0.4 is 5.73 Å². The number of rotatable bonds is 3. The summed E-state index contributed by atoms with van der Waals surface area (Å²) in [5, 5.41) is 5.27. The Morgan fingerprint density at radius 3 is 2.95 bits per heavy atom. The van der Waals surface area contributed by atoms with E-state index < -0.39 is 0 Å². The van der Waals surface area contributed by atoms with Gasteiger partial charge in [0, 0.05) is 18.5 Å². The van der Waals surface area contributed by atoms with Crippen LogP contribution in [0.15, 0.2) is 27.8 Å². The van der Waals surface area contributed by atoms with Crippen molar-refractivity contribution in [3.63, 3.8) is 0 Å². The fourth-order valence-electron chi connectivity index (χ4n) is 2.05. The summed E-state index contributed by atoms with van der Waals surface area (Å²) in [4.78, 5) is 7.82. The molecule has 0 saturated heterocycles. The number of hydrogen-bond donors (Lipinski definition) is 2. The number of nitrogens with one attached hydrogen (secondary N) is 1. The molecular formula is C13H14BrN5S. The first-order valence-corrected chi connectivity index (χ1v) is 7.88. The standard InChI is InChI=1S/C13H14BrN5S/c1-7-12(14)11(19(2)18-7)6-20-13-16-9-4-3-8(15)5-10(9)17-13/h3-5H,6,15H2,1-2H3,(H,16,17). The van der Waals surface area contributed by atoms with Crippen molar-refractivity contribution in [3.05, 3.63) is 34.1 Å². The Labute approximate surface area is 129 Å². The van der Waals surface area contributed by atoms with Crippen molar-refractivity contribution in [2.45, 2.75) is 17.8 Å². The van der Waals surface area contributed by atoms with E-state index in [-0.39, 0.29) is 0 Å². The predicted molar refractivity (Wildman–Crippen MR) is 85.7 cm³/mol. The van der Waals surface area contributed by atoms with E-state index in [0.717, 1.165) is 43.5 Å². The van der Waals surface area contributed by atoms with Crippen LogP contribution in [0.1, 0.15) is 11.4 Å². The average molecular weight is 352 g/mol. The molecular weight excluding hydrogens is 338 g/mol. The first kappa shape index (κ1) is 13.5. The highest BCUT2D eigenvalue weighted by Gasteiger charge is 2.12. The zero-order valence-corrected chi connectivity index (χ0v) is 13.5. The fourth-order valence-corrected chi connectivity index (χ4v) is 3.66. The smallest absolute Gasteiger partial charge is 0.166 e. The number of hydrogen-bond acceptors (Lipinski definition) is 4. The fraction of sp³-hybridized carbons (Fsp3) is 0.231. The number of aromatic nitrogens is 4. The van der Waals surface area contributed by atoms with E-state index in [4.69, 9.17) is 5.73 Å². The number of halogens is 1. The topological polar surface area (TPSA) is 72.5 Å². The van der Waals surface area contributed by atoms with Gasteiger partial charge in [0.25, 0.3) is 0 Å². The number of thioether (sulfide) groups is 1. The van der Waals surface area contributed by atoms with Gasteiger partial charge in [0.1, 0.15) is 0 Å². The highest BCUT2D eigenvalue weighted by atomic mass is 79.9. The molecule has 1 aromatic carbocycles. The van der Waals surface area contributed by atoms with Gasteiger partial charge in [-0.05, 0) is 41.1 Å². The minimum absolute atomic E-state index is 0.739. The zero-order chi connectivity index (χ0) is 14.3. The van der Waals surface area contributed by atoms with E-state index in [0.29, 0.717) is 0 Å². The number of anilines is 1. The summed E-state index contributed by atoms with van der Waals surface area (Å²) < 4.78 is 2.96. The Balaban J connectivity index is 1.83. The molecule has 0 amide bonds. The van der Waals surface area contributed by atoms with E-state index >= 15 is 0 Å². The third kappa shape index (κ3) is 2.43. The van der Waals surface area contributed by atoms with Gasteiger partial charge in [0.15, 0.2) is 5.16 Å². The van der Waals surface area contributed by atoms with Crippen molar-refractivity contribution in [2.24, 2.45) is 7.05 Å². The molecule has 2 heterocycles. The van der Waals surface area contributed by atoms with Crippen LogP contribution in [0, 0.1) is 6.92 Å². The van der Waals surface area contributed by atoms with Crippen molar-refractivity contribution >= 4 is 44.4 Å². The summed E-state index contributed by atoms with van der Waals surface area (Å²) >= 11 is 5.22. The van der Waals surface area contributed by atoms with E-state index in [2.05, 4.69) is 31.0 Å². The third-order valence-electron chi connectivity index (χ3n) is 3.09. The Hall–Kier alpha value is -1.47. The lowest BCUT2D eigenvalue weighted by Crippen LogP contribution is -1.96. The summed E-state index contributed by atoms with van der Waals surface area (Å²) in [6.07, 6.45) is 0. The molecule has 0 atom stereocenters. The molecule has 3 N–H and O–H groups in total. The Bertz CT molecular complexity index is 777. The monoisotopic (exact) mass is 351 g/mol. The van der Waals surface area contributed by atoms with Crippen LogP contribution in [0.25, 0.3) is 11.0 Å². The second-order valence-electron chi connectivity index (χ2n) is 4.58. The summed E-state index contributed by atoms with van der Waals surface area (Å²) in [5.74, 6) is 0.799. The summed E-state index contributed by atoms with van der Waals surface area (Å²) in [6.45, 7) is 1.99. The minimum atomic E-state index is 0.739. The van der Waals surface area contributed by atoms with Crippen molar-refractivity contribution in [3.8, 4) is 0 Å². The Morgan fingerprint density at radius 1 is 1.45 bits per heavy atom. The molecule has 0 spiro atoms. The molecule has 2 aromatic heterocycles. The molecule has 0 fully saturated rings. The lowest BCUT2D eigenvalue weighted by atomic mass is 10.3. The molecule has 5 nitrogen and oxygen atoms in total. The van der Waals surface area contributed by atoms with E-state index in [1.54, 1.807) is 11.8 Å². The normalized spacial score (nSPS) is 11.3.